The van der Waals surface area contributed by atoms with Gasteiger partial charge in [0, 0.05) is 5.56 Å². The van der Waals surface area contributed by atoms with E-state index in [9.17, 15) is 4.79 Å². The highest BCUT2D eigenvalue weighted by molar-refractivity contribution is 5.88. The van der Waals surface area contributed by atoms with Gasteiger partial charge < -0.3 is 13.9 Å². The summed E-state index contributed by atoms with van der Waals surface area (Å²) in [6, 6.07) is 39.4. The Bertz CT molecular complexity index is 2490. The van der Waals surface area contributed by atoms with Crippen molar-refractivity contribution in [3.8, 4) is 28.8 Å². The lowest BCUT2D eigenvalue weighted by Crippen LogP contribution is -2.22. The molecule has 1 atom stereocenters. The minimum absolute atomic E-state index is 0.364. The SMILES string of the molecule is O=c1oc2ccccc2c2c1C(c1ccc(OCc3ccccc3)cc1)c1c(ncn3nc(-c4ccc5ccccc5c4)nc13)O2. The van der Waals surface area contributed by atoms with Crippen molar-refractivity contribution in [2.75, 3.05) is 0 Å². The normalized spacial score (nSPS) is 13.8. The van der Waals surface area contributed by atoms with Crippen LogP contribution < -0.4 is 15.1 Å². The number of ether oxygens (including phenoxy) is 2. The van der Waals surface area contributed by atoms with Gasteiger partial charge in [0.05, 0.1) is 22.4 Å². The van der Waals surface area contributed by atoms with Crippen LogP contribution >= 0.6 is 0 Å². The predicted molar refractivity (Wildman–Crippen MR) is 174 cm³/mol. The Hall–Kier alpha value is -6.28. The zero-order valence-electron chi connectivity index (χ0n) is 24.3. The number of hydrogen-bond donors (Lipinski definition) is 0. The fourth-order valence-electron chi connectivity index (χ4n) is 6.21. The van der Waals surface area contributed by atoms with Crippen LogP contribution in [-0.4, -0.2) is 19.6 Å². The third-order valence-electron chi connectivity index (χ3n) is 8.43. The van der Waals surface area contributed by atoms with Crippen molar-refractivity contribution in [1.82, 2.24) is 19.6 Å². The lowest BCUT2D eigenvalue weighted by Gasteiger charge is -2.27. The quantitative estimate of drug-likeness (QED) is 0.185. The molecule has 8 nitrogen and oxygen atoms in total. The molecule has 1 aliphatic heterocycles. The van der Waals surface area contributed by atoms with E-state index < -0.39 is 11.5 Å². The fraction of sp³-hybridized carbons (Fsp3) is 0.0526. The van der Waals surface area contributed by atoms with E-state index in [1.165, 1.54) is 0 Å². The summed E-state index contributed by atoms with van der Waals surface area (Å²) in [4.78, 5) is 23.4. The highest BCUT2D eigenvalue weighted by Crippen LogP contribution is 2.49. The second-order valence-electron chi connectivity index (χ2n) is 11.2. The maximum absolute atomic E-state index is 13.8. The van der Waals surface area contributed by atoms with E-state index in [0.29, 0.717) is 57.6 Å². The van der Waals surface area contributed by atoms with E-state index in [0.717, 1.165) is 27.5 Å². The monoisotopic (exact) mass is 600 g/mol. The molecule has 8 heteroatoms. The third kappa shape index (κ3) is 4.30. The van der Waals surface area contributed by atoms with Gasteiger partial charge in [0.15, 0.2) is 17.2 Å². The molecule has 0 bridgehead atoms. The van der Waals surface area contributed by atoms with Crippen molar-refractivity contribution in [2.45, 2.75) is 12.5 Å². The maximum atomic E-state index is 13.8. The van der Waals surface area contributed by atoms with E-state index in [1.54, 1.807) is 16.9 Å². The first-order chi connectivity index (χ1) is 22.7. The van der Waals surface area contributed by atoms with E-state index in [4.69, 9.17) is 24.0 Å². The minimum atomic E-state index is -0.590. The summed E-state index contributed by atoms with van der Waals surface area (Å²) in [6.45, 7) is 0.445. The average Bonchev–Trinajstić information content (AvgIpc) is 3.55. The van der Waals surface area contributed by atoms with Gasteiger partial charge in [-0.05, 0) is 52.2 Å². The van der Waals surface area contributed by atoms with Crippen LogP contribution in [0.1, 0.15) is 28.2 Å². The Morgan fingerprint density at radius 2 is 1.57 bits per heavy atom. The molecule has 0 N–H and O–H groups in total. The van der Waals surface area contributed by atoms with Gasteiger partial charge >= 0.3 is 5.63 Å². The van der Waals surface area contributed by atoms with E-state index in [1.807, 2.05) is 91.0 Å². The molecule has 4 heterocycles. The lowest BCUT2D eigenvalue weighted by molar-refractivity contribution is 0.306. The second kappa shape index (κ2) is 10.4. The third-order valence-corrected chi connectivity index (χ3v) is 8.43. The summed E-state index contributed by atoms with van der Waals surface area (Å²) in [5.41, 5.74) is 4.31. The van der Waals surface area contributed by atoms with Crippen molar-refractivity contribution in [2.24, 2.45) is 0 Å². The molecule has 8 aromatic rings. The van der Waals surface area contributed by atoms with Crippen molar-refractivity contribution < 1.29 is 13.9 Å². The van der Waals surface area contributed by atoms with Gasteiger partial charge in [0.25, 0.3) is 0 Å². The van der Waals surface area contributed by atoms with Crippen LogP contribution in [0, 0.1) is 0 Å². The van der Waals surface area contributed by atoms with E-state index >= 15 is 0 Å². The van der Waals surface area contributed by atoms with Crippen LogP contribution in [0.5, 0.6) is 17.4 Å². The number of rotatable bonds is 5. The van der Waals surface area contributed by atoms with Gasteiger partial charge in [-0.1, -0.05) is 91.0 Å². The summed E-state index contributed by atoms with van der Waals surface area (Å²) < 4.78 is 20.0. The molecular formula is C38H24N4O4. The van der Waals surface area contributed by atoms with E-state index in [-0.39, 0.29) is 0 Å². The molecule has 0 spiro atoms. The standard InChI is InChI=1S/C38H24N4O4/c43-38-32-31(25-16-18-28(19-17-25)44-21-23-8-2-1-3-9-23)33-36-40-35(27-15-14-24-10-4-5-11-26(24)20-27)41-42(36)22-39-37(33)46-34(32)29-12-6-7-13-30(29)45-38/h1-20,22,31H,21H2. The van der Waals surface area contributed by atoms with Crippen molar-refractivity contribution in [3.63, 3.8) is 0 Å². The largest absolute Gasteiger partial charge is 0.489 e. The van der Waals surface area contributed by atoms with Crippen LogP contribution in [0.3, 0.4) is 0 Å². The zero-order valence-corrected chi connectivity index (χ0v) is 24.3. The van der Waals surface area contributed by atoms with Gasteiger partial charge in [0.1, 0.15) is 24.3 Å². The molecule has 3 aromatic heterocycles. The molecular weight excluding hydrogens is 576 g/mol. The molecule has 0 saturated carbocycles. The van der Waals surface area contributed by atoms with Gasteiger partial charge in [-0.2, -0.15) is 0 Å². The molecule has 0 fully saturated rings. The molecule has 1 unspecified atom stereocenters. The Kier molecular flexibility index (Phi) is 5.92. The Morgan fingerprint density at radius 1 is 0.783 bits per heavy atom. The van der Waals surface area contributed by atoms with Crippen LogP contribution in [-0.2, 0) is 6.61 Å². The molecule has 0 radical (unpaired) electrons. The van der Waals surface area contributed by atoms with Crippen molar-refractivity contribution >= 4 is 27.4 Å². The number of aromatic nitrogens is 4. The minimum Gasteiger partial charge on any atom is -0.489 e. The topological polar surface area (TPSA) is 91.8 Å². The second-order valence-corrected chi connectivity index (χ2v) is 11.2. The summed E-state index contributed by atoms with van der Waals surface area (Å²) in [5, 5.41) is 7.70. The Labute approximate surface area is 262 Å². The van der Waals surface area contributed by atoms with Gasteiger partial charge in [-0.25, -0.2) is 19.3 Å². The molecule has 220 valence electrons. The molecule has 0 amide bonds. The summed E-state index contributed by atoms with van der Waals surface area (Å²) in [5.74, 6) is 1.46. The Morgan fingerprint density at radius 3 is 2.43 bits per heavy atom. The first kappa shape index (κ1) is 26.2. The van der Waals surface area contributed by atoms with Crippen LogP contribution in [0.2, 0.25) is 0 Å². The number of benzene rings is 5. The number of fused-ring (bicyclic) bond motifs is 7. The zero-order chi connectivity index (χ0) is 30.6. The average molecular weight is 601 g/mol. The number of nitrogens with zero attached hydrogens (tertiary/aromatic N) is 4. The maximum Gasteiger partial charge on any atom is 0.344 e. The summed E-state index contributed by atoms with van der Waals surface area (Å²) >= 11 is 0. The Balaban J connectivity index is 1.20. The lowest BCUT2D eigenvalue weighted by atomic mass is 9.84. The molecule has 46 heavy (non-hydrogen) atoms. The highest BCUT2D eigenvalue weighted by atomic mass is 16.5. The van der Waals surface area contributed by atoms with Crippen LogP contribution in [0.25, 0.3) is 38.8 Å². The molecule has 0 saturated heterocycles. The highest BCUT2D eigenvalue weighted by Gasteiger charge is 2.37. The van der Waals surface area contributed by atoms with Gasteiger partial charge in [-0.3, -0.25) is 0 Å². The fourth-order valence-corrected chi connectivity index (χ4v) is 6.21. The number of para-hydroxylation sites is 1. The summed E-state index contributed by atoms with van der Waals surface area (Å²) in [7, 11) is 0. The first-order valence-electron chi connectivity index (χ1n) is 14.9. The number of hydrogen-bond acceptors (Lipinski definition) is 7. The molecule has 0 aliphatic carbocycles. The van der Waals surface area contributed by atoms with E-state index in [2.05, 4.69) is 29.2 Å². The van der Waals surface area contributed by atoms with Crippen molar-refractivity contribution in [1.29, 1.82) is 0 Å². The smallest absolute Gasteiger partial charge is 0.344 e. The van der Waals surface area contributed by atoms with Crippen LogP contribution in [0.4, 0.5) is 0 Å². The van der Waals surface area contributed by atoms with Gasteiger partial charge in [-0.15, -0.1) is 5.10 Å². The molecule has 1 aliphatic rings. The molecule has 9 rings (SSSR count). The first-order valence-corrected chi connectivity index (χ1v) is 14.9. The van der Waals surface area contributed by atoms with Crippen molar-refractivity contribution in [3.05, 3.63) is 160 Å². The molecule has 5 aromatic carbocycles. The van der Waals surface area contributed by atoms with Gasteiger partial charge in [0.2, 0.25) is 5.88 Å². The summed E-state index contributed by atoms with van der Waals surface area (Å²) in [6.07, 6.45) is 1.60. The predicted octanol–water partition coefficient (Wildman–Crippen LogP) is 7.92. The van der Waals surface area contributed by atoms with Crippen LogP contribution in [0.15, 0.2) is 137 Å².